The fraction of sp³-hybridized carbons (Fsp3) is 0.400. The Labute approximate surface area is 193 Å². The van der Waals surface area contributed by atoms with Crippen LogP contribution in [-0.4, -0.2) is 48.7 Å². The summed E-state index contributed by atoms with van der Waals surface area (Å²) in [5.41, 5.74) is 3.61. The van der Waals surface area contributed by atoms with Crippen molar-refractivity contribution in [1.29, 1.82) is 0 Å². The standard InChI is InChI=1S/C11H14O2.C9H10O3.C4H12Si.CH4O/c1-9(13-2)7-10-3-5-11(8-12)6-4-10;10-6-8-3-1-7(2-4-8)5-9(11)12;1-5(2,3)4;1-2/h3-6,12H,1,7-8H2,2H3;1-4,10H,5-6H2,(H,11,12);1-4H3;2H,1H3. The molecule has 2 rings (SSSR count). The van der Waals surface area contributed by atoms with E-state index in [-0.39, 0.29) is 19.6 Å². The normalized spacial score (nSPS) is 9.66. The van der Waals surface area contributed by atoms with Gasteiger partial charge in [0.2, 0.25) is 0 Å². The number of allylic oxidation sites excluding steroid dienone is 1. The minimum atomic E-state index is -0.841. The Balaban J connectivity index is 0. The third-order valence-electron chi connectivity index (χ3n) is 3.46. The molecule has 180 valence electrons. The molecule has 0 aromatic heterocycles. The van der Waals surface area contributed by atoms with Gasteiger partial charge in [-0.2, -0.15) is 0 Å². The van der Waals surface area contributed by atoms with Gasteiger partial charge in [0.15, 0.2) is 0 Å². The topological polar surface area (TPSA) is 107 Å². The largest absolute Gasteiger partial charge is 0.501 e. The van der Waals surface area contributed by atoms with E-state index < -0.39 is 14.0 Å². The fourth-order valence-corrected chi connectivity index (χ4v) is 2.00. The number of hydrogen-bond acceptors (Lipinski definition) is 5. The highest BCUT2D eigenvalue weighted by molar-refractivity contribution is 6.74. The van der Waals surface area contributed by atoms with Gasteiger partial charge in [0, 0.05) is 21.6 Å². The maximum absolute atomic E-state index is 10.3. The maximum Gasteiger partial charge on any atom is 0.307 e. The molecule has 0 bridgehead atoms. The van der Waals surface area contributed by atoms with Crippen molar-refractivity contribution in [2.45, 2.75) is 52.2 Å². The lowest BCUT2D eigenvalue weighted by Crippen LogP contribution is -2.10. The fourth-order valence-electron chi connectivity index (χ4n) is 2.00. The van der Waals surface area contributed by atoms with Crippen molar-refractivity contribution in [2.75, 3.05) is 14.2 Å². The van der Waals surface area contributed by atoms with Gasteiger partial charge in [0.05, 0.1) is 32.5 Å². The second-order valence-corrected chi connectivity index (χ2v) is 14.4. The van der Waals surface area contributed by atoms with Gasteiger partial charge in [0.25, 0.3) is 0 Å². The van der Waals surface area contributed by atoms with Crippen molar-refractivity contribution in [3.8, 4) is 0 Å². The second-order valence-electron chi connectivity index (χ2n) is 8.44. The van der Waals surface area contributed by atoms with E-state index >= 15 is 0 Å². The number of aliphatic hydroxyl groups excluding tert-OH is 3. The van der Waals surface area contributed by atoms with Gasteiger partial charge >= 0.3 is 5.97 Å². The molecule has 0 radical (unpaired) electrons. The summed E-state index contributed by atoms with van der Waals surface area (Å²) in [5, 5.41) is 33.0. The number of carbonyl (C=O) groups is 1. The van der Waals surface area contributed by atoms with Crippen LogP contribution in [0.3, 0.4) is 0 Å². The average Bonchev–Trinajstić information content (AvgIpc) is 2.75. The summed E-state index contributed by atoms with van der Waals surface area (Å²) in [4.78, 5) is 10.3. The van der Waals surface area contributed by atoms with Gasteiger partial charge in [-0.15, -0.1) is 0 Å². The molecule has 32 heavy (non-hydrogen) atoms. The zero-order valence-electron chi connectivity index (χ0n) is 20.3. The lowest BCUT2D eigenvalue weighted by molar-refractivity contribution is -0.136. The summed E-state index contributed by atoms with van der Waals surface area (Å²) in [5.74, 6) is -0.0940. The van der Waals surface area contributed by atoms with E-state index in [4.69, 9.17) is 25.2 Å². The predicted octanol–water partition coefficient (Wildman–Crippen LogP) is 4.25. The molecule has 0 aliphatic heterocycles. The molecule has 0 atom stereocenters. The highest BCUT2D eigenvalue weighted by atomic mass is 28.3. The highest BCUT2D eigenvalue weighted by Gasteiger charge is 2.00. The molecule has 0 aliphatic carbocycles. The van der Waals surface area contributed by atoms with E-state index in [1.54, 1.807) is 31.4 Å². The van der Waals surface area contributed by atoms with Gasteiger partial charge in [-0.05, 0) is 22.3 Å². The predicted molar refractivity (Wildman–Crippen MR) is 133 cm³/mol. The molecule has 0 aliphatic rings. The van der Waals surface area contributed by atoms with Gasteiger partial charge in [-0.1, -0.05) is 81.3 Å². The summed E-state index contributed by atoms with van der Waals surface area (Å²) in [6.45, 7) is 13.1. The van der Waals surface area contributed by atoms with Crippen LogP contribution in [0.2, 0.25) is 26.2 Å². The Bertz CT molecular complexity index is 743. The first-order chi connectivity index (χ1) is 15.0. The van der Waals surface area contributed by atoms with Crippen LogP contribution >= 0.6 is 0 Å². The Hall–Kier alpha value is -2.45. The summed E-state index contributed by atoms with van der Waals surface area (Å²) in [6.07, 6.45) is 0.758. The van der Waals surface area contributed by atoms with Crippen LogP contribution in [0.15, 0.2) is 60.9 Å². The van der Waals surface area contributed by atoms with Crippen molar-refractivity contribution in [1.82, 2.24) is 0 Å². The molecule has 0 fully saturated rings. The van der Waals surface area contributed by atoms with Crippen molar-refractivity contribution in [2.24, 2.45) is 0 Å². The minimum absolute atomic E-state index is 0.00660. The number of rotatable bonds is 7. The molecule has 2 aromatic carbocycles. The lowest BCUT2D eigenvalue weighted by Gasteiger charge is -2.04. The molecule has 0 amide bonds. The molecule has 0 unspecified atom stereocenters. The molecule has 2 aromatic rings. The van der Waals surface area contributed by atoms with E-state index in [1.165, 1.54) is 0 Å². The molecule has 0 saturated carbocycles. The van der Waals surface area contributed by atoms with Crippen molar-refractivity contribution >= 4 is 14.0 Å². The minimum Gasteiger partial charge on any atom is -0.501 e. The number of aliphatic hydroxyl groups is 3. The molecular formula is C25H40O6Si. The quantitative estimate of drug-likeness (QED) is 0.360. The first-order valence-corrected chi connectivity index (χ1v) is 14.2. The summed E-state index contributed by atoms with van der Waals surface area (Å²) in [6, 6.07) is 14.6. The molecule has 0 spiro atoms. The summed E-state index contributed by atoms with van der Waals surface area (Å²) < 4.78 is 4.97. The number of hydrogen-bond donors (Lipinski definition) is 4. The van der Waals surface area contributed by atoms with Gasteiger partial charge in [0.1, 0.15) is 0 Å². The van der Waals surface area contributed by atoms with Crippen LogP contribution in [0.4, 0.5) is 0 Å². The summed E-state index contributed by atoms with van der Waals surface area (Å²) in [7, 11) is 2.00. The van der Waals surface area contributed by atoms with Crippen LogP contribution in [-0.2, 0) is 35.6 Å². The molecular weight excluding hydrogens is 424 g/mol. The number of aliphatic carboxylic acids is 1. The Morgan fingerprint density at radius 2 is 1.06 bits per heavy atom. The number of carboxylic acids is 1. The molecule has 0 saturated heterocycles. The van der Waals surface area contributed by atoms with Crippen LogP contribution in [0.25, 0.3) is 0 Å². The van der Waals surface area contributed by atoms with Gasteiger partial charge < -0.3 is 25.2 Å². The second kappa shape index (κ2) is 18.2. The van der Waals surface area contributed by atoms with E-state index in [1.807, 2.05) is 24.3 Å². The van der Waals surface area contributed by atoms with Crippen molar-refractivity contribution in [3.63, 3.8) is 0 Å². The zero-order chi connectivity index (χ0) is 25.2. The van der Waals surface area contributed by atoms with Gasteiger partial charge in [-0.25, -0.2) is 0 Å². The Kier molecular flexibility index (Phi) is 18.0. The third-order valence-corrected chi connectivity index (χ3v) is 3.46. The highest BCUT2D eigenvalue weighted by Crippen LogP contribution is 2.09. The average molecular weight is 465 g/mol. The Morgan fingerprint density at radius 1 is 0.781 bits per heavy atom. The Morgan fingerprint density at radius 3 is 1.31 bits per heavy atom. The molecule has 0 heterocycles. The van der Waals surface area contributed by atoms with Crippen molar-refractivity contribution < 1.29 is 30.0 Å². The summed E-state index contributed by atoms with van der Waals surface area (Å²) >= 11 is 0. The van der Waals surface area contributed by atoms with Crippen molar-refractivity contribution in [3.05, 3.63) is 83.1 Å². The van der Waals surface area contributed by atoms with Crippen LogP contribution in [0.1, 0.15) is 22.3 Å². The molecule has 6 nitrogen and oxygen atoms in total. The van der Waals surface area contributed by atoms with E-state index in [0.717, 1.165) is 41.5 Å². The first kappa shape index (κ1) is 31.7. The SMILES string of the molecule is C=C(Cc1ccc(CO)cc1)OC.CO.C[Si](C)(C)C.O=C(O)Cc1ccc(CO)cc1. The van der Waals surface area contributed by atoms with E-state index in [9.17, 15) is 4.79 Å². The van der Waals surface area contributed by atoms with Crippen LogP contribution < -0.4 is 0 Å². The zero-order valence-corrected chi connectivity index (χ0v) is 21.3. The number of benzene rings is 2. The first-order valence-electron chi connectivity index (χ1n) is 10.2. The number of methoxy groups -OCH3 is 1. The van der Waals surface area contributed by atoms with E-state index in [0.29, 0.717) is 0 Å². The third kappa shape index (κ3) is 19.5. The van der Waals surface area contributed by atoms with Crippen LogP contribution in [0, 0.1) is 0 Å². The van der Waals surface area contributed by atoms with Crippen LogP contribution in [0.5, 0.6) is 0 Å². The monoisotopic (exact) mass is 464 g/mol. The van der Waals surface area contributed by atoms with E-state index in [2.05, 4.69) is 32.8 Å². The van der Waals surface area contributed by atoms with Gasteiger partial charge in [-0.3, -0.25) is 4.79 Å². The lowest BCUT2D eigenvalue weighted by atomic mass is 10.1. The molecule has 4 N–H and O–H groups in total. The maximum atomic E-state index is 10.3. The smallest absolute Gasteiger partial charge is 0.307 e. The molecule has 7 heteroatoms. The number of ether oxygens (including phenoxy) is 1. The number of carboxylic acid groups (broad SMARTS) is 1.